The quantitative estimate of drug-likeness (QED) is 0.135. The monoisotopic (exact) mass is 558 g/mol. The lowest BCUT2D eigenvalue weighted by Gasteiger charge is -2.21. The molecule has 7 nitrogen and oxygen atoms in total. The van der Waals surface area contributed by atoms with Crippen LogP contribution in [0.3, 0.4) is 0 Å². The van der Waals surface area contributed by atoms with Gasteiger partial charge < -0.3 is 14.8 Å². The van der Waals surface area contributed by atoms with Crippen LogP contribution in [0.1, 0.15) is 62.6 Å². The van der Waals surface area contributed by atoms with Crippen molar-refractivity contribution in [2.24, 2.45) is 0 Å². The molecule has 2 atom stereocenters. The number of benzene rings is 3. The van der Waals surface area contributed by atoms with E-state index in [0.717, 1.165) is 54.7 Å². The normalized spacial score (nSPS) is 12.9. The Morgan fingerprint density at radius 2 is 1.76 bits per heavy atom. The van der Waals surface area contributed by atoms with Crippen LogP contribution in [0.25, 0.3) is 10.9 Å². The predicted octanol–water partition coefficient (Wildman–Crippen LogP) is 6.89. The number of hydrogen-bond donors (Lipinski definition) is 1. The Kier molecular flexibility index (Phi) is 10.2. The van der Waals surface area contributed by atoms with Crippen molar-refractivity contribution in [3.05, 3.63) is 112 Å². The zero-order valence-corrected chi connectivity index (χ0v) is 24.1. The lowest BCUT2D eigenvalue weighted by atomic mass is 9.87. The van der Waals surface area contributed by atoms with Gasteiger partial charge in [0.25, 0.3) is 5.69 Å². The Labute approximate surface area is 241 Å². The van der Waals surface area contributed by atoms with Crippen LogP contribution < -0.4 is 5.32 Å². The molecule has 1 amide bonds. The minimum atomic E-state index is -0.417. The van der Waals surface area contributed by atoms with Crippen molar-refractivity contribution in [3.8, 4) is 0 Å². The van der Waals surface area contributed by atoms with E-state index in [9.17, 15) is 19.3 Å². The van der Waals surface area contributed by atoms with Gasteiger partial charge in [-0.2, -0.15) is 0 Å². The van der Waals surface area contributed by atoms with Crippen LogP contribution in [0.2, 0.25) is 0 Å². The predicted molar refractivity (Wildman–Crippen MR) is 162 cm³/mol. The van der Waals surface area contributed by atoms with Gasteiger partial charge >= 0.3 is 0 Å². The summed E-state index contributed by atoms with van der Waals surface area (Å²) in [6, 6.07) is 21.0. The number of fused-ring (bicyclic) bond motifs is 1. The summed E-state index contributed by atoms with van der Waals surface area (Å²) in [6.45, 7) is 9.89. The molecule has 0 fully saturated rings. The van der Waals surface area contributed by atoms with Gasteiger partial charge in [0.15, 0.2) is 0 Å². The lowest BCUT2D eigenvalue weighted by molar-refractivity contribution is -0.384. The van der Waals surface area contributed by atoms with Gasteiger partial charge in [-0.3, -0.25) is 14.9 Å². The SMILES string of the molecule is CCN(CC)CCC[C@H](C)NC(=O)C[C@H](c1ccc(F)cc1)c1cn(Cc2ccccc2)c2ccc([N+](=O)[O-])cc12. The smallest absolute Gasteiger partial charge is 0.270 e. The van der Waals surface area contributed by atoms with Gasteiger partial charge in [0.1, 0.15) is 5.82 Å². The second kappa shape index (κ2) is 14.0. The maximum absolute atomic E-state index is 13.9. The Hall–Kier alpha value is -4.04. The van der Waals surface area contributed by atoms with E-state index in [2.05, 4.69) is 28.6 Å². The fourth-order valence-corrected chi connectivity index (χ4v) is 5.47. The number of nitro groups is 1. The highest BCUT2D eigenvalue weighted by Crippen LogP contribution is 2.37. The summed E-state index contributed by atoms with van der Waals surface area (Å²) in [5.41, 5.74) is 3.49. The van der Waals surface area contributed by atoms with Crippen LogP contribution in [-0.4, -0.2) is 46.0 Å². The van der Waals surface area contributed by atoms with Crippen LogP contribution in [-0.2, 0) is 11.3 Å². The highest BCUT2D eigenvalue weighted by molar-refractivity contribution is 5.88. The second-order valence-electron chi connectivity index (χ2n) is 10.6. The molecule has 0 radical (unpaired) electrons. The van der Waals surface area contributed by atoms with E-state index in [0.29, 0.717) is 11.9 Å². The molecule has 0 unspecified atom stereocenters. The minimum absolute atomic E-state index is 0.00689. The molecular formula is C33H39FN4O3. The molecule has 0 aliphatic carbocycles. The number of halogens is 1. The van der Waals surface area contributed by atoms with Crippen LogP contribution in [0.15, 0.2) is 79.0 Å². The van der Waals surface area contributed by atoms with E-state index in [1.165, 1.54) is 18.2 Å². The highest BCUT2D eigenvalue weighted by Gasteiger charge is 2.25. The summed E-state index contributed by atoms with van der Waals surface area (Å²) in [5, 5.41) is 15.5. The first kappa shape index (κ1) is 29.9. The van der Waals surface area contributed by atoms with Crippen LogP contribution in [0.4, 0.5) is 10.1 Å². The van der Waals surface area contributed by atoms with Gasteiger partial charge in [-0.05, 0) is 74.3 Å². The summed E-state index contributed by atoms with van der Waals surface area (Å²) in [7, 11) is 0. The molecule has 0 aliphatic heterocycles. The van der Waals surface area contributed by atoms with E-state index in [4.69, 9.17) is 0 Å². The summed E-state index contributed by atoms with van der Waals surface area (Å²) in [5.74, 6) is -0.884. The molecule has 216 valence electrons. The van der Waals surface area contributed by atoms with Gasteiger partial charge in [0, 0.05) is 54.2 Å². The summed E-state index contributed by atoms with van der Waals surface area (Å²) < 4.78 is 16.0. The molecule has 0 saturated carbocycles. The molecule has 0 bridgehead atoms. The van der Waals surface area contributed by atoms with Gasteiger partial charge in [0.2, 0.25) is 5.91 Å². The Morgan fingerprint density at radius 3 is 2.41 bits per heavy atom. The third-order valence-corrected chi connectivity index (χ3v) is 7.75. The number of carbonyl (C=O) groups excluding carboxylic acids is 1. The summed E-state index contributed by atoms with van der Waals surface area (Å²) >= 11 is 0. The summed E-state index contributed by atoms with van der Waals surface area (Å²) in [6.07, 6.45) is 3.97. The van der Waals surface area contributed by atoms with Crippen LogP contribution in [0.5, 0.6) is 0 Å². The highest BCUT2D eigenvalue weighted by atomic mass is 19.1. The molecule has 4 rings (SSSR count). The average Bonchev–Trinajstić information content (AvgIpc) is 3.32. The number of carbonyl (C=O) groups is 1. The van der Waals surface area contributed by atoms with Crippen molar-refractivity contribution in [2.75, 3.05) is 19.6 Å². The van der Waals surface area contributed by atoms with Crippen LogP contribution in [0, 0.1) is 15.9 Å². The molecule has 1 N–H and O–H groups in total. The number of nitrogens with zero attached hydrogens (tertiary/aromatic N) is 3. The molecule has 1 aromatic heterocycles. The zero-order chi connectivity index (χ0) is 29.4. The third-order valence-electron chi connectivity index (χ3n) is 7.75. The molecule has 0 spiro atoms. The van der Waals surface area contributed by atoms with Crippen molar-refractivity contribution in [1.82, 2.24) is 14.8 Å². The fourth-order valence-electron chi connectivity index (χ4n) is 5.47. The molecule has 1 heterocycles. The summed E-state index contributed by atoms with van der Waals surface area (Å²) in [4.78, 5) is 27.0. The first-order valence-electron chi connectivity index (χ1n) is 14.4. The van der Waals surface area contributed by atoms with Gasteiger partial charge in [-0.15, -0.1) is 0 Å². The van der Waals surface area contributed by atoms with Crippen molar-refractivity contribution in [2.45, 2.75) is 58.5 Å². The largest absolute Gasteiger partial charge is 0.354 e. The second-order valence-corrected chi connectivity index (χ2v) is 10.6. The number of hydrogen-bond acceptors (Lipinski definition) is 4. The van der Waals surface area contributed by atoms with Gasteiger partial charge in [-0.25, -0.2) is 4.39 Å². The number of nitrogens with one attached hydrogen (secondary N) is 1. The average molecular weight is 559 g/mol. The zero-order valence-electron chi connectivity index (χ0n) is 24.1. The molecular weight excluding hydrogens is 519 g/mol. The maximum Gasteiger partial charge on any atom is 0.270 e. The lowest BCUT2D eigenvalue weighted by Crippen LogP contribution is -2.34. The van der Waals surface area contributed by atoms with E-state index in [1.807, 2.05) is 43.5 Å². The first-order chi connectivity index (χ1) is 19.8. The fraction of sp³-hybridized carbons (Fsp3) is 0.364. The number of rotatable bonds is 14. The molecule has 3 aromatic carbocycles. The standard InChI is InChI=1S/C33H39FN4O3/c1-4-36(5-2)19-9-10-24(3)35-33(39)21-29(26-13-15-27(34)16-14-26)31-23-37(22-25-11-7-6-8-12-25)32-18-17-28(38(40)41)20-30(31)32/h6-8,11-18,20,23-24,29H,4-5,9-10,19,21-22H2,1-3H3,(H,35,39)/t24-,29+/m0/s1. The maximum atomic E-state index is 13.9. The molecule has 0 aliphatic rings. The van der Waals surface area contributed by atoms with Crippen molar-refractivity contribution in [1.29, 1.82) is 0 Å². The first-order valence-corrected chi connectivity index (χ1v) is 14.4. The Bertz CT molecular complexity index is 1450. The van der Waals surface area contributed by atoms with Gasteiger partial charge in [-0.1, -0.05) is 56.3 Å². The number of nitro benzene ring substituents is 1. The Morgan fingerprint density at radius 1 is 1.05 bits per heavy atom. The third kappa shape index (κ3) is 7.79. The number of aromatic nitrogens is 1. The van der Waals surface area contributed by atoms with E-state index >= 15 is 0 Å². The minimum Gasteiger partial charge on any atom is -0.354 e. The molecule has 41 heavy (non-hydrogen) atoms. The topological polar surface area (TPSA) is 80.4 Å². The molecule has 8 heteroatoms. The van der Waals surface area contributed by atoms with Crippen LogP contribution >= 0.6 is 0 Å². The van der Waals surface area contributed by atoms with Crippen molar-refractivity contribution >= 4 is 22.5 Å². The van der Waals surface area contributed by atoms with Gasteiger partial charge in [0.05, 0.1) is 4.92 Å². The van der Waals surface area contributed by atoms with E-state index < -0.39 is 10.8 Å². The van der Waals surface area contributed by atoms with E-state index in [-0.39, 0.29) is 29.9 Å². The molecule has 0 saturated heterocycles. The van der Waals surface area contributed by atoms with Crippen molar-refractivity contribution in [3.63, 3.8) is 0 Å². The van der Waals surface area contributed by atoms with E-state index in [1.54, 1.807) is 24.3 Å². The van der Waals surface area contributed by atoms with Crippen molar-refractivity contribution < 1.29 is 14.1 Å². The Balaban J connectivity index is 1.66. The molecule has 4 aromatic rings. The number of non-ortho nitro benzene ring substituents is 1. The number of amides is 1.